The third-order valence-corrected chi connectivity index (χ3v) is 3.75. The summed E-state index contributed by atoms with van der Waals surface area (Å²) in [6.45, 7) is 7.93. The minimum atomic E-state index is -0.209. The van der Waals surface area contributed by atoms with Crippen LogP contribution in [0.3, 0.4) is 0 Å². The predicted molar refractivity (Wildman–Crippen MR) is 85.5 cm³/mol. The molecule has 0 saturated carbocycles. The number of hydrogen-bond acceptors (Lipinski definition) is 7. The number of amides is 1. The monoisotopic (exact) mass is 334 g/mol. The first-order valence-corrected chi connectivity index (χ1v) is 8.00. The van der Waals surface area contributed by atoms with E-state index in [0.717, 1.165) is 11.5 Å². The van der Waals surface area contributed by atoms with Crippen molar-refractivity contribution in [3.05, 3.63) is 23.4 Å². The maximum atomic E-state index is 12.1. The van der Waals surface area contributed by atoms with E-state index in [4.69, 9.17) is 9.26 Å². The van der Waals surface area contributed by atoms with E-state index in [1.165, 1.54) is 0 Å². The Hall–Kier alpha value is -2.26. The fourth-order valence-corrected chi connectivity index (χ4v) is 2.50. The fourth-order valence-electron chi connectivity index (χ4n) is 2.50. The van der Waals surface area contributed by atoms with Crippen LogP contribution in [0, 0.1) is 6.92 Å². The number of carbonyl (C=O) groups excluding carboxylic acids is 1. The van der Waals surface area contributed by atoms with Gasteiger partial charge in [0.05, 0.1) is 18.8 Å². The molecule has 0 aliphatic carbocycles. The highest BCUT2D eigenvalue weighted by Gasteiger charge is 2.26. The van der Waals surface area contributed by atoms with E-state index in [1.54, 1.807) is 13.0 Å². The summed E-state index contributed by atoms with van der Waals surface area (Å²) in [7, 11) is 0. The van der Waals surface area contributed by atoms with Gasteiger partial charge in [0.2, 0.25) is 11.8 Å². The molecule has 2 aromatic rings. The number of aryl methyl sites for hydroxylation is 1. The van der Waals surface area contributed by atoms with Crippen molar-refractivity contribution in [3.63, 3.8) is 0 Å². The molecule has 1 amide bonds. The van der Waals surface area contributed by atoms with Crippen LogP contribution in [0.5, 0.6) is 0 Å². The Balaban J connectivity index is 1.55. The van der Waals surface area contributed by atoms with Gasteiger partial charge in [-0.15, -0.1) is 0 Å². The molecule has 2 aromatic heterocycles. The molecule has 0 aromatic carbocycles. The first-order chi connectivity index (χ1) is 11.5. The zero-order valence-electron chi connectivity index (χ0n) is 14.1. The number of ether oxygens (including phenoxy) is 1. The molecule has 9 nitrogen and oxygen atoms in total. The number of anilines is 1. The molecule has 1 atom stereocenters. The molecule has 1 fully saturated rings. The molecular formula is C15H22N6O3. The van der Waals surface area contributed by atoms with Crippen LogP contribution < -0.4 is 5.32 Å². The van der Waals surface area contributed by atoms with Crippen molar-refractivity contribution in [2.24, 2.45) is 0 Å². The molecule has 24 heavy (non-hydrogen) atoms. The zero-order chi connectivity index (χ0) is 17.1. The van der Waals surface area contributed by atoms with E-state index >= 15 is 0 Å². The largest absolute Gasteiger partial charge is 0.368 e. The molecule has 2 N–H and O–H groups in total. The van der Waals surface area contributed by atoms with E-state index < -0.39 is 0 Å². The van der Waals surface area contributed by atoms with Crippen molar-refractivity contribution in [1.82, 2.24) is 25.2 Å². The summed E-state index contributed by atoms with van der Waals surface area (Å²) in [5, 5.41) is 13.6. The van der Waals surface area contributed by atoms with Gasteiger partial charge in [-0.2, -0.15) is 5.10 Å². The van der Waals surface area contributed by atoms with E-state index in [-0.39, 0.29) is 24.5 Å². The molecular weight excluding hydrogens is 312 g/mol. The van der Waals surface area contributed by atoms with Gasteiger partial charge in [0.1, 0.15) is 6.10 Å². The number of aromatic amines is 1. The molecule has 130 valence electrons. The van der Waals surface area contributed by atoms with Crippen LogP contribution in [0.1, 0.15) is 43.2 Å². The van der Waals surface area contributed by atoms with Crippen molar-refractivity contribution in [2.75, 3.05) is 31.6 Å². The van der Waals surface area contributed by atoms with Crippen molar-refractivity contribution in [2.45, 2.75) is 32.8 Å². The third kappa shape index (κ3) is 3.98. The molecule has 3 rings (SSSR count). The number of nitrogens with one attached hydrogen (secondary N) is 2. The van der Waals surface area contributed by atoms with E-state index in [0.29, 0.717) is 31.4 Å². The Labute approximate surface area is 139 Å². The van der Waals surface area contributed by atoms with E-state index in [9.17, 15) is 4.79 Å². The summed E-state index contributed by atoms with van der Waals surface area (Å²) in [4.78, 5) is 18.6. The number of carbonyl (C=O) groups is 1. The quantitative estimate of drug-likeness (QED) is 0.846. The van der Waals surface area contributed by atoms with Crippen LogP contribution in [0.25, 0.3) is 0 Å². The highest BCUT2D eigenvalue weighted by Crippen LogP contribution is 2.20. The molecule has 9 heteroatoms. The second-order valence-corrected chi connectivity index (χ2v) is 6.21. The highest BCUT2D eigenvalue weighted by molar-refractivity contribution is 5.90. The summed E-state index contributed by atoms with van der Waals surface area (Å²) in [6.07, 6.45) is -0.209. The first-order valence-electron chi connectivity index (χ1n) is 8.00. The lowest BCUT2D eigenvalue weighted by atomic mass is 10.2. The second kappa shape index (κ2) is 7.10. The molecule has 0 spiro atoms. The van der Waals surface area contributed by atoms with Gasteiger partial charge >= 0.3 is 0 Å². The van der Waals surface area contributed by atoms with Crippen molar-refractivity contribution in [3.8, 4) is 0 Å². The minimum absolute atomic E-state index is 0.146. The van der Waals surface area contributed by atoms with E-state index in [2.05, 4.69) is 25.7 Å². The van der Waals surface area contributed by atoms with Gasteiger partial charge in [0.15, 0.2) is 11.6 Å². The SMILES string of the molecule is Cc1cc(NC(=O)CN2CCO[C@@H](c3nc(C(C)C)n[nH]3)C2)on1. The molecule has 0 bridgehead atoms. The summed E-state index contributed by atoms with van der Waals surface area (Å²) in [6, 6.07) is 1.68. The predicted octanol–water partition coefficient (Wildman–Crippen LogP) is 1.24. The Bertz CT molecular complexity index is 695. The average Bonchev–Trinajstić information content (AvgIpc) is 3.17. The Kier molecular flexibility index (Phi) is 4.91. The van der Waals surface area contributed by atoms with Gasteiger partial charge in [-0.05, 0) is 6.92 Å². The van der Waals surface area contributed by atoms with Crippen LogP contribution in [-0.4, -0.2) is 57.4 Å². The number of nitrogens with zero attached hydrogens (tertiary/aromatic N) is 4. The summed E-state index contributed by atoms with van der Waals surface area (Å²) in [5.74, 6) is 1.94. The Morgan fingerprint density at radius 3 is 3.04 bits per heavy atom. The molecule has 0 unspecified atom stereocenters. The standard InChI is InChI=1S/C15H22N6O3/c1-9(2)14-17-15(19-18-14)11-7-21(4-5-23-11)8-12(22)16-13-6-10(3)20-24-13/h6,9,11H,4-5,7-8H2,1-3H3,(H,16,22)(H,17,18,19)/t11-/m1/s1. The summed E-state index contributed by atoms with van der Waals surface area (Å²) >= 11 is 0. The van der Waals surface area contributed by atoms with Crippen LogP contribution in [0.15, 0.2) is 10.6 Å². The van der Waals surface area contributed by atoms with Crippen LogP contribution >= 0.6 is 0 Å². The Morgan fingerprint density at radius 2 is 2.38 bits per heavy atom. The van der Waals surface area contributed by atoms with Gasteiger partial charge in [0.25, 0.3) is 0 Å². The van der Waals surface area contributed by atoms with Gasteiger partial charge in [0, 0.05) is 25.1 Å². The average molecular weight is 334 g/mol. The normalized spacial score (nSPS) is 18.9. The van der Waals surface area contributed by atoms with Gasteiger partial charge in [-0.1, -0.05) is 19.0 Å². The smallest absolute Gasteiger partial charge is 0.240 e. The van der Waals surface area contributed by atoms with Crippen LogP contribution in [0.2, 0.25) is 0 Å². The fraction of sp³-hybridized carbons (Fsp3) is 0.600. The van der Waals surface area contributed by atoms with Crippen molar-refractivity contribution in [1.29, 1.82) is 0 Å². The number of hydrogen-bond donors (Lipinski definition) is 2. The lowest BCUT2D eigenvalue weighted by Crippen LogP contribution is -2.42. The molecule has 0 radical (unpaired) electrons. The number of aromatic nitrogens is 4. The van der Waals surface area contributed by atoms with Crippen LogP contribution in [-0.2, 0) is 9.53 Å². The molecule has 1 aliphatic rings. The first kappa shape index (κ1) is 16.6. The molecule has 1 saturated heterocycles. The topological polar surface area (TPSA) is 109 Å². The minimum Gasteiger partial charge on any atom is -0.368 e. The lowest BCUT2D eigenvalue weighted by molar-refractivity contribution is -0.119. The van der Waals surface area contributed by atoms with E-state index in [1.807, 2.05) is 18.7 Å². The lowest BCUT2D eigenvalue weighted by Gasteiger charge is -2.31. The van der Waals surface area contributed by atoms with Gasteiger partial charge < -0.3 is 9.26 Å². The maximum absolute atomic E-state index is 12.1. The number of morpholine rings is 1. The maximum Gasteiger partial charge on any atom is 0.240 e. The Morgan fingerprint density at radius 1 is 1.54 bits per heavy atom. The summed E-state index contributed by atoms with van der Waals surface area (Å²) in [5.41, 5.74) is 0.725. The van der Waals surface area contributed by atoms with Gasteiger partial charge in [-0.25, -0.2) is 4.98 Å². The zero-order valence-corrected chi connectivity index (χ0v) is 14.1. The summed E-state index contributed by atoms with van der Waals surface area (Å²) < 4.78 is 10.7. The van der Waals surface area contributed by atoms with Crippen LogP contribution in [0.4, 0.5) is 5.88 Å². The highest BCUT2D eigenvalue weighted by atomic mass is 16.5. The van der Waals surface area contributed by atoms with Gasteiger partial charge in [-0.3, -0.25) is 20.1 Å². The second-order valence-electron chi connectivity index (χ2n) is 6.21. The third-order valence-electron chi connectivity index (χ3n) is 3.75. The number of H-pyrrole nitrogens is 1. The van der Waals surface area contributed by atoms with Crippen molar-refractivity contribution < 1.29 is 14.1 Å². The molecule has 1 aliphatic heterocycles. The number of rotatable bonds is 5. The molecule has 3 heterocycles. The van der Waals surface area contributed by atoms with Crippen molar-refractivity contribution >= 4 is 11.8 Å².